The van der Waals surface area contributed by atoms with Gasteiger partial charge in [-0.05, 0) is 30.5 Å². The summed E-state index contributed by atoms with van der Waals surface area (Å²) in [5.74, 6) is 0.225. The predicted molar refractivity (Wildman–Crippen MR) is 98.1 cm³/mol. The molecule has 0 spiro atoms. The first kappa shape index (κ1) is 17.3. The Morgan fingerprint density at radius 1 is 1.36 bits per heavy atom. The predicted octanol–water partition coefficient (Wildman–Crippen LogP) is 1.06. The van der Waals surface area contributed by atoms with Crippen molar-refractivity contribution in [2.45, 2.75) is 13.0 Å². The van der Waals surface area contributed by atoms with Crippen LogP contribution >= 0.6 is 11.3 Å². The number of para-hydroxylation sites is 2. The number of piperazine rings is 1. The third-order valence-corrected chi connectivity index (χ3v) is 5.49. The molecular weight excluding hydrogens is 336 g/mol. The van der Waals surface area contributed by atoms with Gasteiger partial charge in [-0.25, -0.2) is 0 Å². The lowest BCUT2D eigenvalue weighted by Crippen LogP contribution is -3.19. The molecule has 0 unspecified atom stereocenters. The van der Waals surface area contributed by atoms with E-state index in [1.165, 1.54) is 16.2 Å². The van der Waals surface area contributed by atoms with Gasteiger partial charge >= 0.3 is 0 Å². The quantitative estimate of drug-likeness (QED) is 0.764. The molecule has 1 aliphatic heterocycles. The van der Waals surface area contributed by atoms with Gasteiger partial charge < -0.3 is 20.2 Å². The molecule has 1 aliphatic rings. The molecule has 1 saturated heterocycles. The van der Waals surface area contributed by atoms with Crippen LogP contribution in [0.2, 0.25) is 0 Å². The van der Waals surface area contributed by atoms with Crippen molar-refractivity contribution in [2.24, 2.45) is 0 Å². The number of phenolic OH excluding ortho intramolecular Hbond substituents is 1. The highest BCUT2D eigenvalue weighted by Gasteiger charge is 2.30. The lowest BCUT2D eigenvalue weighted by Gasteiger charge is -2.36. The van der Waals surface area contributed by atoms with Crippen molar-refractivity contribution in [3.8, 4) is 11.8 Å². The molecule has 3 rings (SSSR count). The number of anilines is 2. The van der Waals surface area contributed by atoms with E-state index in [2.05, 4.69) is 16.3 Å². The third kappa shape index (κ3) is 3.76. The summed E-state index contributed by atoms with van der Waals surface area (Å²) < 4.78 is 0. The second-order valence-corrected chi connectivity index (χ2v) is 7.04. The minimum atomic E-state index is -0.194. The van der Waals surface area contributed by atoms with Crippen LogP contribution in [0, 0.1) is 11.3 Å². The molecule has 1 aromatic carbocycles. The Bertz CT molecular complexity index is 790. The van der Waals surface area contributed by atoms with Crippen molar-refractivity contribution in [3.63, 3.8) is 0 Å². The highest BCUT2D eigenvalue weighted by Crippen LogP contribution is 2.26. The molecule has 0 radical (unpaired) electrons. The summed E-state index contributed by atoms with van der Waals surface area (Å²) in [7, 11) is 0. The van der Waals surface area contributed by atoms with E-state index in [-0.39, 0.29) is 11.9 Å². The Morgan fingerprint density at radius 3 is 2.76 bits per heavy atom. The molecule has 1 aromatic heterocycles. The Morgan fingerprint density at radius 2 is 2.08 bits per heavy atom. The Balaban J connectivity index is 1.58. The first-order chi connectivity index (χ1) is 12.1. The molecule has 7 heteroatoms. The standard InChI is InChI=1S/C18H20N4O2S/c1-13(17(24)20-18-14(12-19)6-11-25-18)21-7-9-22(10-8-21)15-4-2-3-5-16(15)23/h2-6,11,13,23H,7-10H2,1H3,(H,20,24)/p+1/t13-/m1/s1. The number of thiophene rings is 1. The summed E-state index contributed by atoms with van der Waals surface area (Å²) in [5, 5.41) is 24.3. The number of amides is 1. The zero-order chi connectivity index (χ0) is 17.8. The number of nitriles is 1. The van der Waals surface area contributed by atoms with Gasteiger partial charge in [0.15, 0.2) is 6.04 Å². The molecule has 130 valence electrons. The second-order valence-electron chi connectivity index (χ2n) is 6.12. The van der Waals surface area contributed by atoms with E-state index in [4.69, 9.17) is 5.26 Å². The smallest absolute Gasteiger partial charge is 0.283 e. The number of benzene rings is 1. The Labute approximate surface area is 150 Å². The zero-order valence-corrected chi connectivity index (χ0v) is 14.8. The second kappa shape index (κ2) is 7.55. The number of nitrogens with zero attached hydrogens (tertiary/aromatic N) is 2. The lowest BCUT2D eigenvalue weighted by molar-refractivity contribution is -0.914. The minimum absolute atomic E-state index is 0.0649. The molecule has 25 heavy (non-hydrogen) atoms. The van der Waals surface area contributed by atoms with Gasteiger partial charge in [0.25, 0.3) is 5.91 Å². The summed E-state index contributed by atoms with van der Waals surface area (Å²) >= 11 is 1.37. The topological polar surface area (TPSA) is 80.8 Å². The number of hydrogen-bond donors (Lipinski definition) is 3. The van der Waals surface area contributed by atoms with E-state index in [9.17, 15) is 9.90 Å². The average molecular weight is 357 g/mol. The van der Waals surface area contributed by atoms with E-state index in [0.29, 0.717) is 16.3 Å². The fraction of sp³-hybridized carbons (Fsp3) is 0.333. The van der Waals surface area contributed by atoms with Crippen LogP contribution in [0.15, 0.2) is 35.7 Å². The molecule has 1 atom stereocenters. The maximum atomic E-state index is 12.5. The Hall–Kier alpha value is -2.56. The fourth-order valence-corrected chi connectivity index (χ4v) is 3.84. The van der Waals surface area contributed by atoms with Gasteiger partial charge in [0.1, 0.15) is 16.8 Å². The highest BCUT2D eigenvalue weighted by atomic mass is 32.1. The van der Waals surface area contributed by atoms with Gasteiger partial charge in [-0.15, -0.1) is 11.3 Å². The largest absolute Gasteiger partial charge is 0.506 e. The fourth-order valence-electron chi connectivity index (χ4n) is 3.10. The molecule has 0 aliphatic carbocycles. The minimum Gasteiger partial charge on any atom is -0.506 e. The number of quaternary nitrogens is 1. The molecule has 3 N–H and O–H groups in total. The highest BCUT2D eigenvalue weighted by molar-refractivity contribution is 7.14. The summed E-state index contributed by atoms with van der Waals surface area (Å²) in [5.41, 5.74) is 1.35. The van der Waals surface area contributed by atoms with Crippen LogP contribution in [0.25, 0.3) is 0 Å². The molecule has 1 amide bonds. The van der Waals surface area contributed by atoms with Gasteiger partial charge in [0, 0.05) is 0 Å². The molecule has 2 heterocycles. The van der Waals surface area contributed by atoms with Crippen LogP contribution in [0.1, 0.15) is 12.5 Å². The van der Waals surface area contributed by atoms with Crippen molar-refractivity contribution in [3.05, 3.63) is 41.3 Å². The number of nitrogens with one attached hydrogen (secondary N) is 2. The summed E-state index contributed by atoms with van der Waals surface area (Å²) in [4.78, 5) is 15.9. The van der Waals surface area contributed by atoms with Crippen LogP contribution in [0.4, 0.5) is 10.7 Å². The lowest BCUT2D eigenvalue weighted by atomic mass is 10.2. The maximum absolute atomic E-state index is 12.5. The first-order valence-electron chi connectivity index (χ1n) is 8.26. The van der Waals surface area contributed by atoms with Gasteiger partial charge in [-0.3, -0.25) is 4.79 Å². The number of hydrogen-bond acceptors (Lipinski definition) is 5. The normalized spacial score (nSPS) is 16.2. The van der Waals surface area contributed by atoms with Gasteiger partial charge in [0.05, 0.1) is 37.4 Å². The van der Waals surface area contributed by atoms with Crippen LogP contribution in [-0.4, -0.2) is 43.2 Å². The van der Waals surface area contributed by atoms with Crippen molar-refractivity contribution >= 4 is 27.9 Å². The van der Waals surface area contributed by atoms with E-state index in [1.54, 1.807) is 17.5 Å². The molecule has 0 bridgehead atoms. The van der Waals surface area contributed by atoms with Crippen molar-refractivity contribution in [1.82, 2.24) is 0 Å². The molecule has 0 saturated carbocycles. The monoisotopic (exact) mass is 357 g/mol. The van der Waals surface area contributed by atoms with E-state index >= 15 is 0 Å². The van der Waals surface area contributed by atoms with Crippen molar-refractivity contribution in [1.29, 1.82) is 5.26 Å². The Kier molecular flexibility index (Phi) is 5.22. The first-order valence-corrected chi connectivity index (χ1v) is 9.14. The number of aromatic hydroxyl groups is 1. The third-order valence-electron chi connectivity index (χ3n) is 4.66. The van der Waals surface area contributed by atoms with Crippen molar-refractivity contribution in [2.75, 3.05) is 36.4 Å². The maximum Gasteiger partial charge on any atom is 0.283 e. The van der Waals surface area contributed by atoms with Crippen LogP contribution in [0.5, 0.6) is 5.75 Å². The molecule has 6 nitrogen and oxygen atoms in total. The molecular formula is C18H21N4O2S+. The summed E-state index contributed by atoms with van der Waals surface area (Å²) in [6.45, 7) is 5.12. The van der Waals surface area contributed by atoms with Crippen molar-refractivity contribution < 1.29 is 14.8 Å². The average Bonchev–Trinajstić information content (AvgIpc) is 3.09. The number of phenols is 1. The number of rotatable bonds is 4. The van der Waals surface area contributed by atoms with E-state index in [0.717, 1.165) is 31.9 Å². The van der Waals surface area contributed by atoms with Crippen LogP contribution in [0.3, 0.4) is 0 Å². The summed E-state index contributed by atoms with van der Waals surface area (Å²) in [6, 6.07) is 10.9. The summed E-state index contributed by atoms with van der Waals surface area (Å²) in [6.07, 6.45) is 0. The van der Waals surface area contributed by atoms with E-state index in [1.807, 2.05) is 25.1 Å². The SMILES string of the molecule is C[C@H](C(=O)Nc1sccc1C#N)[NH+]1CCN(c2ccccc2O)CC1. The number of carbonyl (C=O) groups is 1. The van der Waals surface area contributed by atoms with E-state index < -0.39 is 0 Å². The zero-order valence-electron chi connectivity index (χ0n) is 14.0. The van der Waals surface area contributed by atoms with Crippen LogP contribution in [-0.2, 0) is 4.79 Å². The number of carbonyl (C=O) groups excluding carboxylic acids is 1. The van der Waals surface area contributed by atoms with Crippen LogP contribution < -0.4 is 15.1 Å². The molecule has 1 fully saturated rings. The van der Waals surface area contributed by atoms with Gasteiger partial charge in [-0.2, -0.15) is 5.26 Å². The van der Waals surface area contributed by atoms with Gasteiger partial charge in [-0.1, -0.05) is 12.1 Å². The van der Waals surface area contributed by atoms with Gasteiger partial charge in [0.2, 0.25) is 0 Å². The molecule has 2 aromatic rings.